The number of carboxylic acid groups (broad SMARTS) is 1. The molecule has 0 aliphatic carbocycles. The molecule has 5 heteroatoms. The molecule has 1 amide bonds. The summed E-state index contributed by atoms with van der Waals surface area (Å²) in [4.78, 5) is 27.7. The van der Waals surface area contributed by atoms with Crippen LogP contribution in [-0.2, 0) is 16.1 Å². The fraction of sp³-hybridized carbons (Fsp3) is 0.364. The van der Waals surface area contributed by atoms with Gasteiger partial charge in [-0.15, -0.1) is 0 Å². The number of hydrogen-bond donors (Lipinski definition) is 0. The lowest BCUT2D eigenvalue weighted by Gasteiger charge is -2.16. The lowest BCUT2D eigenvalue weighted by molar-refractivity contribution is -0.311. The Labute approximate surface area is 92.7 Å². The molecule has 0 saturated carbocycles. The average Bonchev–Trinajstić information content (AvgIpc) is 2.62. The van der Waals surface area contributed by atoms with Crippen LogP contribution in [0.5, 0.6) is 0 Å². The molecule has 0 aromatic carbocycles. The molecule has 0 spiro atoms. The highest BCUT2D eigenvalue weighted by atomic mass is 16.4. The number of rotatable bonds is 3. The van der Waals surface area contributed by atoms with Gasteiger partial charge in [-0.3, -0.25) is 9.78 Å². The molecule has 2 rings (SSSR count). The second kappa shape index (κ2) is 4.30. The summed E-state index contributed by atoms with van der Waals surface area (Å²) in [5.74, 6) is -1.99. The topological polar surface area (TPSA) is 73.3 Å². The zero-order valence-corrected chi connectivity index (χ0v) is 8.63. The third-order valence-corrected chi connectivity index (χ3v) is 2.63. The molecule has 0 bridgehead atoms. The van der Waals surface area contributed by atoms with Gasteiger partial charge in [-0.2, -0.15) is 0 Å². The van der Waals surface area contributed by atoms with Crippen molar-refractivity contribution in [1.29, 1.82) is 0 Å². The van der Waals surface area contributed by atoms with Crippen molar-refractivity contribution in [2.24, 2.45) is 5.92 Å². The van der Waals surface area contributed by atoms with E-state index in [1.165, 1.54) is 4.90 Å². The summed E-state index contributed by atoms with van der Waals surface area (Å²) in [7, 11) is 0. The number of amides is 1. The Hall–Kier alpha value is -1.91. The molecule has 2 heterocycles. The summed E-state index contributed by atoms with van der Waals surface area (Å²) < 4.78 is 0. The first-order valence-electron chi connectivity index (χ1n) is 5.05. The second-order valence-electron chi connectivity index (χ2n) is 3.82. The zero-order chi connectivity index (χ0) is 11.5. The van der Waals surface area contributed by atoms with Crippen molar-refractivity contribution < 1.29 is 14.7 Å². The van der Waals surface area contributed by atoms with Gasteiger partial charge >= 0.3 is 0 Å². The molecule has 1 aliphatic heterocycles. The average molecular weight is 219 g/mol. The van der Waals surface area contributed by atoms with Crippen molar-refractivity contribution in [1.82, 2.24) is 9.88 Å². The standard InChI is InChI=1S/C11H12N2O3/c14-10-5-8(11(15)16)6-13(10)7-9-3-1-2-4-12-9/h1-4,8H,5-7H2,(H,15,16)/p-1/t8-/m0/s1. The van der Waals surface area contributed by atoms with Crippen molar-refractivity contribution >= 4 is 11.9 Å². The molecule has 1 aliphatic rings. The molecular weight excluding hydrogens is 208 g/mol. The van der Waals surface area contributed by atoms with E-state index in [0.29, 0.717) is 6.54 Å². The number of pyridine rings is 1. The van der Waals surface area contributed by atoms with Crippen molar-refractivity contribution in [3.63, 3.8) is 0 Å². The van der Waals surface area contributed by atoms with Crippen molar-refractivity contribution in [3.05, 3.63) is 30.1 Å². The van der Waals surface area contributed by atoms with E-state index in [4.69, 9.17) is 0 Å². The lowest BCUT2D eigenvalue weighted by Crippen LogP contribution is -2.33. The Morgan fingerprint density at radius 2 is 2.38 bits per heavy atom. The number of likely N-dealkylation sites (tertiary alicyclic amines) is 1. The molecule has 16 heavy (non-hydrogen) atoms. The molecule has 0 N–H and O–H groups in total. The van der Waals surface area contributed by atoms with E-state index in [9.17, 15) is 14.7 Å². The fourth-order valence-electron chi connectivity index (χ4n) is 1.77. The van der Waals surface area contributed by atoms with Crippen LogP contribution >= 0.6 is 0 Å². The van der Waals surface area contributed by atoms with E-state index in [-0.39, 0.29) is 18.9 Å². The molecule has 84 valence electrons. The van der Waals surface area contributed by atoms with Crippen LogP contribution in [0, 0.1) is 5.92 Å². The van der Waals surface area contributed by atoms with Gasteiger partial charge in [0.05, 0.1) is 12.2 Å². The second-order valence-corrected chi connectivity index (χ2v) is 3.82. The van der Waals surface area contributed by atoms with Gasteiger partial charge in [0.1, 0.15) is 0 Å². The molecule has 0 unspecified atom stereocenters. The van der Waals surface area contributed by atoms with Crippen LogP contribution in [0.15, 0.2) is 24.4 Å². The third kappa shape index (κ3) is 2.18. The predicted octanol–water partition coefficient (Wildman–Crippen LogP) is -0.820. The predicted molar refractivity (Wildman–Crippen MR) is 52.8 cm³/mol. The number of nitrogens with zero attached hydrogens (tertiary/aromatic N) is 2. The molecule has 1 aromatic heterocycles. The zero-order valence-electron chi connectivity index (χ0n) is 8.63. The Bertz CT molecular complexity index is 405. The summed E-state index contributed by atoms with van der Waals surface area (Å²) in [6.07, 6.45) is 1.68. The lowest BCUT2D eigenvalue weighted by atomic mass is 10.1. The quantitative estimate of drug-likeness (QED) is 0.665. The smallest absolute Gasteiger partial charge is 0.223 e. The van der Waals surface area contributed by atoms with Crippen LogP contribution in [-0.4, -0.2) is 28.3 Å². The van der Waals surface area contributed by atoms with Crippen LogP contribution in [0.3, 0.4) is 0 Å². The highest BCUT2D eigenvalue weighted by Crippen LogP contribution is 2.18. The Kier molecular flexibility index (Phi) is 2.85. The fourth-order valence-corrected chi connectivity index (χ4v) is 1.77. The van der Waals surface area contributed by atoms with Gasteiger partial charge in [-0.05, 0) is 12.1 Å². The highest BCUT2D eigenvalue weighted by molar-refractivity contribution is 5.85. The summed E-state index contributed by atoms with van der Waals surface area (Å²) in [5.41, 5.74) is 0.759. The van der Waals surface area contributed by atoms with Gasteiger partial charge in [0.15, 0.2) is 0 Å². The summed E-state index contributed by atoms with van der Waals surface area (Å²) in [5, 5.41) is 10.6. The number of aliphatic carboxylic acids is 1. The van der Waals surface area contributed by atoms with Gasteiger partial charge < -0.3 is 14.8 Å². The van der Waals surface area contributed by atoms with Gasteiger partial charge in [-0.25, -0.2) is 0 Å². The first-order chi connectivity index (χ1) is 7.66. The van der Waals surface area contributed by atoms with Crippen LogP contribution < -0.4 is 5.11 Å². The molecular formula is C11H11N2O3-. The van der Waals surface area contributed by atoms with Gasteiger partial charge in [0, 0.05) is 31.0 Å². The Morgan fingerprint density at radius 1 is 1.56 bits per heavy atom. The van der Waals surface area contributed by atoms with Crippen LogP contribution in [0.2, 0.25) is 0 Å². The number of carboxylic acids is 1. The Morgan fingerprint density at radius 3 is 2.94 bits per heavy atom. The monoisotopic (exact) mass is 219 g/mol. The van der Waals surface area contributed by atoms with Crippen LogP contribution in [0.4, 0.5) is 0 Å². The number of carbonyl (C=O) groups is 2. The van der Waals surface area contributed by atoms with E-state index >= 15 is 0 Å². The Balaban J connectivity index is 2.02. The van der Waals surface area contributed by atoms with E-state index in [0.717, 1.165) is 5.69 Å². The number of hydrogen-bond acceptors (Lipinski definition) is 4. The van der Waals surface area contributed by atoms with Crippen molar-refractivity contribution in [2.45, 2.75) is 13.0 Å². The van der Waals surface area contributed by atoms with Crippen molar-refractivity contribution in [2.75, 3.05) is 6.54 Å². The largest absolute Gasteiger partial charge is 0.550 e. The summed E-state index contributed by atoms with van der Waals surface area (Å²) >= 11 is 0. The molecule has 1 atom stereocenters. The summed E-state index contributed by atoms with van der Waals surface area (Å²) in [6.45, 7) is 0.585. The van der Waals surface area contributed by atoms with Gasteiger partial charge in [-0.1, -0.05) is 6.07 Å². The molecule has 1 saturated heterocycles. The molecule has 5 nitrogen and oxygen atoms in total. The molecule has 1 fully saturated rings. The van der Waals surface area contributed by atoms with E-state index < -0.39 is 11.9 Å². The van der Waals surface area contributed by atoms with Crippen molar-refractivity contribution in [3.8, 4) is 0 Å². The minimum atomic E-state index is -1.16. The third-order valence-electron chi connectivity index (χ3n) is 2.63. The van der Waals surface area contributed by atoms with Crippen LogP contribution in [0.1, 0.15) is 12.1 Å². The first-order valence-corrected chi connectivity index (χ1v) is 5.05. The SMILES string of the molecule is O=C([O-])[C@H]1CC(=O)N(Cc2ccccn2)C1. The van der Waals surface area contributed by atoms with E-state index in [1.807, 2.05) is 6.07 Å². The van der Waals surface area contributed by atoms with Crippen LogP contribution in [0.25, 0.3) is 0 Å². The van der Waals surface area contributed by atoms with E-state index in [2.05, 4.69) is 4.98 Å². The minimum Gasteiger partial charge on any atom is -0.550 e. The normalized spacial score (nSPS) is 20.1. The molecule has 0 radical (unpaired) electrons. The molecule has 1 aromatic rings. The highest BCUT2D eigenvalue weighted by Gasteiger charge is 2.30. The first kappa shape index (κ1) is 10.6. The summed E-state index contributed by atoms with van der Waals surface area (Å²) in [6, 6.07) is 5.43. The number of carbonyl (C=O) groups excluding carboxylic acids is 2. The van der Waals surface area contributed by atoms with Gasteiger partial charge in [0.25, 0.3) is 0 Å². The maximum Gasteiger partial charge on any atom is 0.223 e. The number of aromatic nitrogens is 1. The maximum absolute atomic E-state index is 11.5. The maximum atomic E-state index is 11.5. The minimum absolute atomic E-state index is 0.0369. The van der Waals surface area contributed by atoms with Gasteiger partial charge in [0.2, 0.25) is 5.91 Å². The van der Waals surface area contributed by atoms with E-state index in [1.54, 1.807) is 18.3 Å².